The van der Waals surface area contributed by atoms with Crippen LogP contribution < -0.4 is 5.32 Å². The molecule has 4 rings (SSSR count). The molecule has 3 heterocycles. The van der Waals surface area contributed by atoms with E-state index in [1.54, 1.807) is 24.4 Å². The van der Waals surface area contributed by atoms with Crippen LogP contribution in [0.4, 0.5) is 0 Å². The zero-order chi connectivity index (χ0) is 20.5. The average Bonchev–Trinajstić information content (AvgIpc) is 3.33. The molecule has 1 saturated heterocycles. The molecule has 0 amide bonds. The molecular weight excluding hydrogens is 386 g/mol. The highest BCUT2D eigenvalue weighted by Crippen LogP contribution is 2.41. The van der Waals surface area contributed by atoms with E-state index in [1.807, 2.05) is 36.4 Å². The number of nitrogens with zero attached hydrogens (tertiary/aromatic N) is 2. The van der Waals surface area contributed by atoms with Crippen molar-refractivity contribution in [2.45, 2.75) is 32.0 Å². The van der Waals surface area contributed by atoms with Crippen LogP contribution in [0, 0.1) is 0 Å². The third-order valence-electron chi connectivity index (χ3n) is 5.00. The molecule has 0 radical (unpaired) electrons. The standard InChI is InChI=1S/C22H21N3O3S/c1-13(2)25-20(19(24-22(25)29)16-8-3-4-11-23-16)18-10-9-17(28-18)14-6-5-7-15(12-14)21(26)27/h3-13,19-20H,1-2H3,(H,24,29)(H,26,27)/t19-,20+/m1/s1. The molecule has 1 aromatic carbocycles. The number of nitrogens with one attached hydrogen (secondary N) is 1. The highest BCUT2D eigenvalue weighted by Gasteiger charge is 2.42. The van der Waals surface area contributed by atoms with Crippen molar-refractivity contribution in [1.82, 2.24) is 15.2 Å². The van der Waals surface area contributed by atoms with Crippen molar-refractivity contribution in [2.24, 2.45) is 0 Å². The molecule has 0 unspecified atom stereocenters. The van der Waals surface area contributed by atoms with Gasteiger partial charge in [0.05, 0.1) is 17.3 Å². The summed E-state index contributed by atoms with van der Waals surface area (Å²) in [6, 6.07) is 16.2. The van der Waals surface area contributed by atoms with Gasteiger partial charge in [-0.1, -0.05) is 18.2 Å². The van der Waals surface area contributed by atoms with Gasteiger partial charge in [0.15, 0.2) is 5.11 Å². The molecule has 2 aromatic heterocycles. The maximum atomic E-state index is 11.3. The summed E-state index contributed by atoms with van der Waals surface area (Å²) in [7, 11) is 0. The highest BCUT2D eigenvalue weighted by atomic mass is 32.1. The second kappa shape index (κ2) is 7.67. The van der Waals surface area contributed by atoms with Crippen LogP contribution in [0.3, 0.4) is 0 Å². The lowest BCUT2D eigenvalue weighted by atomic mass is 10.0. The predicted molar refractivity (Wildman–Crippen MR) is 114 cm³/mol. The summed E-state index contributed by atoms with van der Waals surface area (Å²) in [5, 5.41) is 13.3. The zero-order valence-electron chi connectivity index (χ0n) is 16.1. The van der Waals surface area contributed by atoms with E-state index in [-0.39, 0.29) is 23.7 Å². The van der Waals surface area contributed by atoms with E-state index in [4.69, 9.17) is 16.6 Å². The number of pyridine rings is 1. The first-order valence-electron chi connectivity index (χ1n) is 9.39. The third kappa shape index (κ3) is 3.61. The van der Waals surface area contributed by atoms with E-state index in [0.29, 0.717) is 10.9 Å². The average molecular weight is 407 g/mol. The number of carboxylic acids is 1. The summed E-state index contributed by atoms with van der Waals surface area (Å²) in [5.41, 5.74) is 1.82. The van der Waals surface area contributed by atoms with Gasteiger partial charge in [-0.15, -0.1) is 0 Å². The highest BCUT2D eigenvalue weighted by molar-refractivity contribution is 7.80. The van der Waals surface area contributed by atoms with Crippen LogP contribution in [-0.4, -0.2) is 32.1 Å². The number of aromatic carboxylic acids is 1. The Kier molecular flexibility index (Phi) is 5.07. The fraction of sp³-hybridized carbons (Fsp3) is 0.227. The van der Waals surface area contributed by atoms with E-state index < -0.39 is 5.97 Å². The second-order valence-electron chi connectivity index (χ2n) is 7.22. The zero-order valence-corrected chi connectivity index (χ0v) is 16.9. The van der Waals surface area contributed by atoms with Crippen molar-refractivity contribution in [3.05, 3.63) is 77.8 Å². The molecule has 6 nitrogen and oxygen atoms in total. The number of rotatable bonds is 5. The molecule has 1 fully saturated rings. The quantitative estimate of drug-likeness (QED) is 0.606. The number of carbonyl (C=O) groups is 1. The van der Waals surface area contributed by atoms with Crippen molar-refractivity contribution < 1.29 is 14.3 Å². The molecule has 148 valence electrons. The minimum Gasteiger partial charge on any atom is -0.478 e. The fourth-order valence-corrected chi connectivity index (χ4v) is 4.15. The first-order valence-corrected chi connectivity index (χ1v) is 9.79. The van der Waals surface area contributed by atoms with Gasteiger partial charge in [0, 0.05) is 17.8 Å². The molecule has 29 heavy (non-hydrogen) atoms. The second-order valence-corrected chi connectivity index (χ2v) is 7.60. The summed E-state index contributed by atoms with van der Waals surface area (Å²) in [6.07, 6.45) is 1.76. The van der Waals surface area contributed by atoms with Crippen LogP contribution in [0.5, 0.6) is 0 Å². The smallest absolute Gasteiger partial charge is 0.335 e. The minimum absolute atomic E-state index is 0.143. The van der Waals surface area contributed by atoms with Gasteiger partial charge in [-0.05, 0) is 62.5 Å². The molecule has 0 bridgehead atoms. The van der Waals surface area contributed by atoms with Crippen molar-refractivity contribution >= 4 is 23.3 Å². The summed E-state index contributed by atoms with van der Waals surface area (Å²) < 4.78 is 6.21. The summed E-state index contributed by atoms with van der Waals surface area (Å²) in [6.45, 7) is 4.17. The molecule has 7 heteroatoms. The topological polar surface area (TPSA) is 78.6 Å². The van der Waals surface area contributed by atoms with Gasteiger partial charge in [-0.25, -0.2) is 4.79 Å². The Labute approximate surface area is 174 Å². The minimum atomic E-state index is -0.967. The molecular formula is C22H21N3O3S. The van der Waals surface area contributed by atoms with Crippen LogP contribution in [0.2, 0.25) is 0 Å². The number of hydrogen-bond acceptors (Lipinski definition) is 4. The molecule has 0 spiro atoms. The summed E-state index contributed by atoms with van der Waals surface area (Å²) in [4.78, 5) is 17.9. The van der Waals surface area contributed by atoms with Crippen LogP contribution in [0.15, 0.2) is 65.2 Å². The number of aromatic nitrogens is 1. The van der Waals surface area contributed by atoms with Crippen LogP contribution in [0.25, 0.3) is 11.3 Å². The lowest BCUT2D eigenvalue weighted by Gasteiger charge is -2.29. The Morgan fingerprint density at radius 3 is 2.72 bits per heavy atom. The Morgan fingerprint density at radius 2 is 2.03 bits per heavy atom. The predicted octanol–water partition coefficient (Wildman–Crippen LogP) is 4.42. The van der Waals surface area contributed by atoms with Crippen LogP contribution in [0.1, 0.15) is 47.7 Å². The molecule has 2 atom stereocenters. The van der Waals surface area contributed by atoms with Gasteiger partial charge >= 0.3 is 5.97 Å². The Hall–Kier alpha value is -3.19. The molecule has 1 aliphatic heterocycles. The summed E-state index contributed by atoms with van der Waals surface area (Å²) >= 11 is 5.60. The maximum absolute atomic E-state index is 11.3. The SMILES string of the molecule is CC(C)N1C(=S)N[C@H](c2ccccn2)[C@@H]1c1ccc(-c2cccc(C(=O)O)c2)o1. The van der Waals surface area contributed by atoms with E-state index in [2.05, 4.69) is 29.0 Å². The van der Waals surface area contributed by atoms with Gasteiger partial charge in [-0.3, -0.25) is 4.98 Å². The fourth-order valence-electron chi connectivity index (χ4n) is 3.70. The first kappa shape index (κ1) is 19.1. The normalized spacial score (nSPS) is 18.9. The molecule has 3 aromatic rings. The number of hydrogen-bond donors (Lipinski definition) is 2. The molecule has 0 aliphatic carbocycles. The lowest BCUT2D eigenvalue weighted by molar-refractivity contribution is 0.0697. The Morgan fingerprint density at radius 1 is 1.21 bits per heavy atom. The van der Waals surface area contributed by atoms with Crippen molar-refractivity contribution in [3.8, 4) is 11.3 Å². The van der Waals surface area contributed by atoms with E-state index in [1.165, 1.54) is 0 Å². The lowest BCUT2D eigenvalue weighted by Crippen LogP contribution is -2.35. The van der Waals surface area contributed by atoms with Crippen molar-refractivity contribution in [1.29, 1.82) is 0 Å². The van der Waals surface area contributed by atoms with Gasteiger partial charge in [0.1, 0.15) is 17.6 Å². The number of carboxylic acid groups (broad SMARTS) is 1. The van der Waals surface area contributed by atoms with E-state index in [0.717, 1.165) is 17.0 Å². The van der Waals surface area contributed by atoms with Crippen LogP contribution in [-0.2, 0) is 0 Å². The number of thiocarbonyl (C=S) groups is 1. The molecule has 0 saturated carbocycles. The van der Waals surface area contributed by atoms with Crippen molar-refractivity contribution in [2.75, 3.05) is 0 Å². The first-order chi connectivity index (χ1) is 14.0. The van der Waals surface area contributed by atoms with Gasteiger partial charge in [0.2, 0.25) is 0 Å². The third-order valence-corrected chi connectivity index (χ3v) is 5.33. The Balaban J connectivity index is 1.74. The monoisotopic (exact) mass is 407 g/mol. The number of benzene rings is 1. The summed E-state index contributed by atoms with van der Waals surface area (Å²) in [5.74, 6) is 0.395. The number of furan rings is 1. The molecule has 2 N–H and O–H groups in total. The van der Waals surface area contributed by atoms with Gasteiger partial charge in [-0.2, -0.15) is 0 Å². The van der Waals surface area contributed by atoms with Crippen LogP contribution >= 0.6 is 12.2 Å². The maximum Gasteiger partial charge on any atom is 0.335 e. The van der Waals surface area contributed by atoms with Crippen molar-refractivity contribution in [3.63, 3.8) is 0 Å². The van der Waals surface area contributed by atoms with Gasteiger partial charge in [0.25, 0.3) is 0 Å². The van der Waals surface area contributed by atoms with E-state index in [9.17, 15) is 9.90 Å². The van der Waals surface area contributed by atoms with E-state index >= 15 is 0 Å². The Bertz CT molecular complexity index is 1050. The molecule has 1 aliphatic rings. The van der Waals surface area contributed by atoms with Gasteiger partial charge < -0.3 is 19.7 Å². The largest absolute Gasteiger partial charge is 0.478 e.